The molecule has 7 nitrogen and oxygen atoms in total. The lowest BCUT2D eigenvalue weighted by molar-refractivity contribution is -0.117. The van der Waals surface area contributed by atoms with Gasteiger partial charge in [0.25, 0.3) is 5.91 Å². The number of nitrogens with one attached hydrogen (secondary N) is 1. The Bertz CT molecular complexity index is 948. The van der Waals surface area contributed by atoms with Gasteiger partial charge < -0.3 is 5.73 Å². The first-order valence-electron chi connectivity index (χ1n) is 7.84. The summed E-state index contributed by atoms with van der Waals surface area (Å²) >= 11 is 1.21. The van der Waals surface area contributed by atoms with Crippen molar-refractivity contribution in [1.29, 1.82) is 0 Å². The van der Waals surface area contributed by atoms with Crippen molar-refractivity contribution >= 4 is 28.3 Å². The lowest BCUT2D eigenvalue weighted by Crippen LogP contribution is -2.15. The third kappa shape index (κ3) is 3.77. The molecule has 1 aromatic carbocycles. The van der Waals surface area contributed by atoms with Gasteiger partial charge >= 0.3 is 0 Å². The highest BCUT2D eigenvalue weighted by molar-refractivity contribution is 7.14. The molecule has 3 aromatic rings. The zero-order chi connectivity index (χ0) is 18.7. The van der Waals surface area contributed by atoms with E-state index < -0.39 is 5.91 Å². The summed E-state index contributed by atoms with van der Waals surface area (Å²) in [5.41, 5.74) is 7.42. The van der Waals surface area contributed by atoms with E-state index in [2.05, 4.69) is 15.4 Å². The van der Waals surface area contributed by atoms with Gasteiger partial charge in [0.1, 0.15) is 5.82 Å². The van der Waals surface area contributed by atoms with Crippen molar-refractivity contribution in [2.24, 2.45) is 5.73 Å². The SMILES string of the molecule is CCc1c(C(=O)Nc2nc(CC(N)=O)cs2)cnn1-c1ccc(F)cc1. The fraction of sp³-hybridized carbons (Fsp3) is 0.176. The quantitative estimate of drug-likeness (QED) is 0.692. The number of hydrogen-bond acceptors (Lipinski definition) is 5. The normalized spacial score (nSPS) is 10.7. The molecule has 0 spiro atoms. The van der Waals surface area contributed by atoms with E-state index >= 15 is 0 Å². The molecule has 26 heavy (non-hydrogen) atoms. The van der Waals surface area contributed by atoms with Crippen LogP contribution in [0.3, 0.4) is 0 Å². The molecule has 2 amide bonds. The third-order valence-electron chi connectivity index (χ3n) is 3.65. The van der Waals surface area contributed by atoms with E-state index in [0.717, 1.165) is 0 Å². The molecule has 2 aromatic heterocycles. The van der Waals surface area contributed by atoms with Crippen LogP contribution >= 0.6 is 11.3 Å². The average Bonchev–Trinajstić information content (AvgIpc) is 3.21. The number of aromatic nitrogens is 3. The smallest absolute Gasteiger partial charge is 0.260 e. The molecule has 0 aliphatic carbocycles. The second kappa shape index (κ2) is 7.44. The molecule has 3 N–H and O–H groups in total. The molecule has 0 fully saturated rings. The van der Waals surface area contributed by atoms with E-state index in [1.165, 1.54) is 29.7 Å². The first-order chi connectivity index (χ1) is 12.5. The Kier molecular flexibility index (Phi) is 5.08. The van der Waals surface area contributed by atoms with Gasteiger partial charge in [-0.15, -0.1) is 11.3 Å². The Morgan fingerprint density at radius 1 is 1.31 bits per heavy atom. The van der Waals surface area contributed by atoms with Gasteiger partial charge in [0.2, 0.25) is 5.91 Å². The van der Waals surface area contributed by atoms with Crippen molar-refractivity contribution in [1.82, 2.24) is 14.8 Å². The number of hydrogen-bond donors (Lipinski definition) is 2. The van der Waals surface area contributed by atoms with E-state index in [0.29, 0.717) is 34.2 Å². The molecule has 0 unspecified atom stereocenters. The standard InChI is InChI=1S/C17H16FN5O2S/c1-2-14-13(8-20-23(14)12-5-3-10(18)4-6-12)16(25)22-17-21-11(9-26-17)7-15(19)24/h3-6,8-9H,2,7H2,1H3,(H2,19,24)(H,21,22,25). The number of rotatable bonds is 6. The van der Waals surface area contributed by atoms with Crippen LogP contribution in [0.25, 0.3) is 5.69 Å². The molecule has 0 saturated carbocycles. The number of thiazole rings is 1. The minimum atomic E-state index is -0.484. The number of carbonyl (C=O) groups is 2. The highest BCUT2D eigenvalue weighted by atomic mass is 32.1. The van der Waals surface area contributed by atoms with E-state index in [1.807, 2.05) is 6.92 Å². The molecular weight excluding hydrogens is 357 g/mol. The van der Waals surface area contributed by atoms with Gasteiger partial charge in [0.05, 0.1) is 35.3 Å². The van der Waals surface area contributed by atoms with Gasteiger partial charge in [-0.3, -0.25) is 14.9 Å². The first kappa shape index (κ1) is 17.7. The van der Waals surface area contributed by atoms with Crippen LogP contribution in [0.4, 0.5) is 9.52 Å². The van der Waals surface area contributed by atoms with Crippen LogP contribution < -0.4 is 11.1 Å². The van der Waals surface area contributed by atoms with Crippen LogP contribution in [0.15, 0.2) is 35.8 Å². The summed E-state index contributed by atoms with van der Waals surface area (Å²) in [6, 6.07) is 5.87. The van der Waals surface area contributed by atoms with Crippen LogP contribution in [0.1, 0.15) is 28.7 Å². The maximum absolute atomic E-state index is 13.1. The van der Waals surface area contributed by atoms with Crippen LogP contribution in [-0.4, -0.2) is 26.6 Å². The zero-order valence-electron chi connectivity index (χ0n) is 13.9. The Balaban J connectivity index is 1.82. The fourth-order valence-corrected chi connectivity index (χ4v) is 3.20. The Morgan fingerprint density at radius 2 is 2.04 bits per heavy atom. The second-order valence-electron chi connectivity index (χ2n) is 5.49. The minimum Gasteiger partial charge on any atom is -0.369 e. The van der Waals surface area contributed by atoms with Crippen molar-refractivity contribution < 1.29 is 14.0 Å². The summed E-state index contributed by atoms with van der Waals surface area (Å²) in [5, 5.41) is 9.00. The Morgan fingerprint density at radius 3 is 2.69 bits per heavy atom. The van der Waals surface area contributed by atoms with Crippen LogP contribution in [0.2, 0.25) is 0 Å². The lowest BCUT2D eigenvalue weighted by atomic mass is 10.2. The van der Waals surface area contributed by atoms with Crippen molar-refractivity contribution in [2.45, 2.75) is 19.8 Å². The number of benzene rings is 1. The number of amides is 2. The molecule has 2 heterocycles. The van der Waals surface area contributed by atoms with E-state index in [-0.39, 0.29) is 18.1 Å². The van der Waals surface area contributed by atoms with Crippen LogP contribution in [-0.2, 0) is 17.6 Å². The number of halogens is 1. The summed E-state index contributed by atoms with van der Waals surface area (Å²) in [5.74, 6) is -1.18. The predicted molar refractivity (Wildman–Crippen MR) is 95.9 cm³/mol. The maximum atomic E-state index is 13.1. The monoisotopic (exact) mass is 373 g/mol. The molecule has 9 heteroatoms. The van der Waals surface area contributed by atoms with Crippen molar-refractivity contribution in [3.63, 3.8) is 0 Å². The fourth-order valence-electron chi connectivity index (χ4n) is 2.50. The molecule has 0 atom stereocenters. The molecule has 0 saturated heterocycles. The summed E-state index contributed by atoms with van der Waals surface area (Å²) in [6.07, 6.45) is 2.05. The molecule has 0 aliphatic rings. The predicted octanol–water partition coefficient (Wildman–Crippen LogP) is 2.31. The maximum Gasteiger partial charge on any atom is 0.260 e. The Hall–Kier alpha value is -3.07. The van der Waals surface area contributed by atoms with Gasteiger partial charge in [-0.25, -0.2) is 14.1 Å². The first-order valence-corrected chi connectivity index (χ1v) is 8.72. The topological polar surface area (TPSA) is 103 Å². The van der Waals surface area contributed by atoms with Gasteiger partial charge in [-0.05, 0) is 30.7 Å². The van der Waals surface area contributed by atoms with E-state index in [4.69, 9.17) is 5.73 Å². The average molecular weight is 373 g/mol. The van der Waals surface area contributed by atoms with Gasteiger partial charge in [0, 0.05) is 5.38 Å². The van der Waals surface area contributed by atoms with Crippen LogP contribution in [0.5, 0.6) is 0 Å². The largest absolute Gasteiger partial charge is 0.369 e. The third-order valence-corrected chi connectivity index (χ3v) is 4.45. The number of nitrogens with zero attached hydrogens (tertiary/aromatic N) is 3. The second-order valence-corrected chi connectivity index (χ2v) is 6.35. The van der Waals surface area contributed by atoms with Gasteiger partial charge in [-0.1, -0.05) is 6.92 Å². The van der Waals surface area contributed by atoms with Crippen LogP contribution in [0, 0.1) is 5.82 Å². The summed E-state index contributed by atoms with van der Waals surface area (Å²) < 4.78 is 14.7. The molecular formula is C17H16FN5O2S. The molecule has 0 radical (unpaired) electrons. The van der Waals surface area contributed by atoms with E-state index in [9.17, 15) is 14.0 Å². The highest BCUT2D eigenvalue weighted by Crippen LogP contribution is 2.20. The van der Waals surface area contributed by atoms with Crippen molar-refractivity contribution in [3.05, 3.63) is 58.6 Å². The van der Waals surface area contributed by atoms with Crippen molar-refractivity contribution in [3.8, 4) is 5.69 Å². The molecule has 134 valence electrons. The number of carbonyl (C=O) groups excluding carboxylic acids is 2. The molecule has 3 rings (SSSR count). The summed E-state index contributed by atoms with van der Waals surface area (Å²) in [4.78, 5) is 27.7. The minimum absolute atomic E-state index is 0.0229. The van der Waals surface area contributed by atoms with Gasteiger partial charge in [0.15, 0.2) is 5.13 Å². The number of nitrogens with two attached hydrogens (primary N) is 1. The summed E-state index contributed by atoms with van der Waals surface area (Å²) in [7, 11) is 0. The summed E-state index contributed by atoms with van der Waals surface area (Å²) in [6.45, 7) is 1.90. The number of primary amides is 1. The van der Waals surface area contributed by atoms with Gasteiger partial charge in [-0.2, -0.15) is 5.10 Å². The Labute approximate surface area is 152 Å². The lowest BCUT2D eigenvalue weighted by Gasteiger charge is -2.07. The molecule has 0 bridgehead atoms. The van der Waals surface area contributed by atoms with E-state index in [1.54, 1.807) is 22.2 Å². The zero-order valence-corrected chi connectivity index (χ0v) is 14.7. The number of anilines is 1. The van der Waals surface area contributed by atoms with Crippen molar-refractivity contribution in [2.75, 3.05) is 5.32 Å². The highest BCUT2D eigenvalue weighted by Gasteiger charge is 2.18. The molecule has 0 aliphatic heterocycles.